The van der Waals surface area contributed by atoms with Crippen LogP contribution in [0.4, 0.5) is 5.69 Å². The van der Waals surface area contributed by atoms with E-state index in [9.17, 15) is 14.4 Å². The van der Waals surface area contributed by atoms with Crippen molar-refractivity contribution in [1.29, 1.82) is 0 Å². The first kappa shape index (κ1) is 13.6. The van der Waals surface area contributed by atoms with Crippen molar-refractivity contribution >= 4 is 11.6 Å². The van der Waals surface area contributed by atoms with Gasteiger partial charge in [-0.1, -0.05) is 18.2 Å². The summed E-state index contributed by atoms with van der Waals surface area (Å²) in [5, 5.41) is 2.38. The van der Waals surface area contributed by atoms with Crippen molar-refractivity contribution in [1.82, 2.24) is 9.97 Å². The van der Waals surface area contributed by atoms with Gasteiger partial charge in [0, 0.05) is 6.20 Å². The number of hydrogen-bond donors (Lipinski definition) is 3. The standard InChI is InChI=1S/C13H13N3O4/c1-8(20-9-5-3-2-4-6-9)11(17)15-10-7-14-13(19)16-12(10)18/h2-8H,1H3,(H,15,17)(H2,14,16,18,19)/t8-/m1/s1. The largest absolute Gasteiger partial charge is 0.481 e. The molecule has 0 fully saturated rings. The first-order valence-electron chi connectivity index (χ1n) is 5.91. The predicted octanol–water partition coefficient (Wildman–Crippen LogP) is 0.469. The molecule has 7 nitrogen and oxygen atoms in total. The Morgan fingerprint density at radius 2 is 1.95 bits per heavy atom. The highest BCUT2D eigenvalue weighted by Crippen LogP contribution is 2.11. The van der Waals surface area contributed by atoms with E-state index in [1.54, 1.807) is 31.2 Å². The fraction of sp³-hybridized carbons (Fsp3) is 0.154. The maximum Gasteiger partial charge on any atom is 0.325 e. The van der Waals surface area contributed by atoms with E-state index in [1.807, 2.05) is 11.1 Å². The second-order valence-corrected chi connectivity index (χ2v) is 4.05. The van der Waals surface area contributed by atoms with Gasteiger partial charge in [-0.2, -0.15) is 0 Å². The van der Waals surface area contributed by atoms with E-state index in [0.29, 0.717) is 5.75 Å². The van der Waals surface area contributed by atoms with E-state index in [2.05, 4.69) is 10.3 Å². The molecule has 1 aromatic carbocycles. The van der Waals surface area contributed by atoms with Crippen LogP contribution in [0.5, 0.6) is 5.75 Å². The second kappa shape index (κ2) is 5.87. The maximum atomic E-state index is 11.9. The SMILES string of the molecule is C[C@@H](Oc1ccccc1)C(=O)Nc1c[nH]c(=O)[nH]c1=O. The molecule has 0 saturated carbocycles. The van der Waals surface area contributed by atoms with Gasteiger partial charge in [0.2, 0.25) is 0 Å². The van der Waals surface area contributed by atoms with Gasteiger partial charge in [0.25, 0.3) is 11.5 Å². The Bertz CT molecular complexity index is 705. The number of para-hydroxylation sites is 1. The number of carbonyl (C=O) groups excluding carboxylic acids is 1. The van der Waals surface area contributed by atoms with Crippen molar-refractivity contribution < 1.29 is 9.53 Å². The third kappa shape index (κ3) is 3.35. The van der Waals surface area contributed by atoms with E-state index in [4.69, 9.17) is 4.74 Å². The third-order valence-corrected chi connectivity index (χ3v) is 2.50. The number of hydrogen-bond acceptors (Lipinski definition) is 4. The first-order chi connectivity index (χ1) is 9.56. The van der Waals surface area contributed by atoms with Gasteiger partial charge in [-0.05, 0) is 19.1 Å². The summed E-state index contributed by atoms with van der Waals surface area (Å²) in [5.41, 5.74) is -1.35. The number of rotatable bonds is 4. The molecule has 0 spiro atoms. The molecule has 2 aromatic rings. The van der Waals surface area contributed by atoms with Crippen molar-refractivity contribution in [3.8, 4) is 5.75 Å². The molecule has 1 atom stereocenters. The lowest BCUT2D eigenvalue weighted by atomic mass is 10.3. The fourth-order valence-electron chi connectivity index (χ4n) is 1.49. The predicted molar refractivity (Wildman–Crippen MR) is 72.8 cm³/mol. The highest BCUT2D eigenvalue weighted by Gasteiger charge is 2.16. The lowest BCUT2D eigenvalue weighted by Crippen LogP contribution is -2.33. The van der Waals surface area contributed by atoms with Gasteiger partial charge >= 0.3 is 5.69 Å². The number of aromatic amines is 2. The van der Waals surface area contributed by atoms with Crippen LogP contribution in [0.25, 0.3) is 0 Å². The van der Waals surface area contributed by atoms with Gasteiger partial charge < -0.3 is 15.0 Å². The average Bonchev–Trinajstić information content (AvgIpc) is 2.43. The van der Waals surface area contributed by atoms with Crippen LogP contribution in [0, 0.1) is 0 Å². The summed E-state index contributed by atoms with van der Waals surface area (Å²) in [6, 6.07) is 8.84. The van der Waals surface area contributed by atoms with Crippen molar-refractivity contribution in [2.75, 3.05) is 5.32 Å². The molecule has 1 amide bonds. The Morgan fingerprint density at radius 3 is 2.60 bits per heavy atom. The molecule has 2 rings (SSSR count). The minimum atomic E-state index is -0.788. The molecular formula is C13H13N3O4. The van der Waals surface area contributed by atoms with Crippen LogP contribution in [0.2, 0.25) is 0 Å². The van der Waals surface area contributed by atoms with E-state index in [1.165, 1.54) is 0 Å². The number of ether oxygens (including phenoxy) is 1. The molecule has 0 bridgehead atoms. The Labute approximate surface area is 113 Å². The van der Waals surface area contributed by atoms with Gasteiger partial charge in [-0.3, -0.25) is 14.6 Å². The molecule has 20 heavy (non-hydrogen) atoms. The molecule has 0 radical (unpaired) electrons. The average molecular weight is 275 g/mol. The van der Waals surface area contributed by atoms with Crippen molar-refractivity contribution in [2.45, 2.75) is 13.0 Å². The number of benzene rings is 1. The molecule has 7 heteroatoms. The zero-order valence-corrected chi connectivity index (χ0v) is 10.7. The molecule has 0 aliphatic carbocycles. The van der Waals surface area contributed by atoms with Crippen LogP contribution < -0.4 is 21.3 Å². The summed E-state index contributed by atoms with van der Waals surface area (Å²) in [4.78, 5) is 38.4. The van der Waals surface area contributed by atoms with Crippen LogP contribution in [0.1, 0.15) is 6.92 Å². The highest BCUT2D eigenvalue weighted by atomic mass is 16.5. The number of carbonyl (C=O) groups is 1. The number of nitrogens with one attached hydrogen (secondary N) is 3. The molecule has 0 aliphatic rings. The van der Waals surface area contributed by atoms with Crippen LogP contribution in [0.15, 0.2) is 46.1 Å². The molecule has 0 unspecified atom stereocenters. The molecule has 1 heterocycles. The van der Waals surface area contributed by atoms with Gasteiger partial charge in [-0.25, -0.2) is 4.79 Å². The van der Waals surface area contributed by atoms with Crippen molar-refractivity contribution in [2.24, 2.45) is 0 Å². The topological polar surface area (TPSA) is 104 Å². The summed E-state index contributed by atoms with van der Waals surface area (Å²) < 4.78 is 5.42. The smallest absolute Gasteiger partial charge is 0.325 e. The Kier molecular flexibility index (Phi) is 3.99. The molecular weight excluding hydrogens is 262 g/mol. The van der Waals surface area contributed by atoms with E-state index in [-0.39, 0.29) is 5.69 Å². The summed E-state index contributed by atoms with van der Waals surface area (Å²) in [6.07, 6.45) is 0.345. The van der Waals surface area contributed by atoms with Crippen LogP contribution >= 0.6 is 0 Å². The number of anilines is 1. The Morgan fingerprint density at radius 1 is 1.25 bits per heavy atom. The van der Waals surface area contributed by atoms with E-state index >= 15 is 0 Å². The number of amides is 1. The normalized spacial score (nSPS) is 11.7. The minimum Gasteiger partial charge on any atom is -0.481 e. The van der Waals surface area contributed by atoms with E-state index < -0.39 is 23.3 Å². The molecule has 104 valence electrons. The fourth-order valence-corrected chi connectivity index (χ4v) is 1.49. The third-order valence-electron chi connectivity index (χ3n) is 2.50. The van der Waals surface area contributed by atoms with Gasteiger partial charge in [0.1, 0.15) is 11.4 Å². The monoisotopic (exact) mass is 275 g/mol. The summed E-state index contributed by atoms with van der Waals surface area (Å²) >= 11 is 0. The van der Waals surface area contributed by atoms with Gasteiger partial charge in [0.15, 0.2) is 6.10 Å². The zero-order chi connectivity index (χ0) is 14.5. The van der Waals surface area contributed by atoms with Crippen LogP contribution in [0.3, 0.4) is 0 Å². The summed E-state index contributed by atoms with van der Waals surface area (Å²) in [6.45, 7) is 1.56. The summed E-state index contributed by atoms with van der Waals surface area (Å²) in [5.74, 6) is 0.0527. The van der Waals surface area contributed by atoms with Crippen LogP contribution in [-0.2, 0) is 4.79 Å². The molecule has 0 aliphatic heterocycles. The van der Waals surface area contributed by atoms with Crippen LogP contribution in [-0.4, -0.2) is 22.0 Å². The lowest BCUT2D eigenvalue weighted by Gasteiger charge is -2.14. The maximum absolute atomic E-state index is 11.9. The number of aromatic nitrogens is 2. The minimum absolute atomic E-state index is 0.0434. The Hall–Kier alpha value is -2.83. The first-order valence-corrected chi connectivity index (χ1v) is 5.91. The summed E-state index contributed by atoms with van der Waals surface area (Å²) in [7, 11) is 0. The zero-order valence-electron chi connectivity index (χ0n) is 10.7. The highest BCUT2D eigenvalue weighted by molar-refractivity contribution is 5.93. The molecule has 1 aromatic heterocycles. The van der Waals surface area contributed by atoms with Gasteiger partial charge in [0.05, 0.1) is 0 Å². The van der Waals surface area contributed by atoms with Crippen molar-refractivity contribution in [3.05, 3.63) is 57.4 Å². The Balaban J connectivity index is 2.04. The molecule has 0 saturated heterocycles. The number of H-pyrrole nitrogens is 2. The van der Waals surface area contributed by atoms with Crippen molar-refractivity contribution in [3.63, 3.8) is 0 Å². The lowest BCUT2D eigenvalue weighted by molar-refractivity contribution is -0.122. The quantitative estimate of drug-likeness (QED) is 0.754. The van der Waals surface area contributed by atoms with Gasteiger partial charge in [-0.15, -0.1) is 0 Å². The second-order valence-electron chi connectivity index (χ2n) is 4.05. The van der Waals surface area contributed by atoms with E-state index in [0.717, 1.165) is 6.20 Å². The molecule has 3 N–H and O–H groups in total.